The van der Waals surface area contributed by atoms with E-state index in [9.17, 15) is 110 Å². The van der Waals surface area contributed by atoms with Gasteiger partial charge < -0.3 is 4.74 Å². The summed E-state index contributed by atoms with van der Waals surface area (Å²) < 4.78 is 336. The van der Waals surface area contributed by atoms with E-state index in [1.54, 1.807) is 0 Å². The van der Waals surface area contributed by atoms with E-state index >= 15 is 4.39 Å². The highest BCUT2D eigenvalue weighted by molar-refractivity contribution is 5.87. The molecule has 27 heteroatoms. The van der Waals surface area contributed by atoms with Gasteiger partial charge in [-0.15, -0.1) is 0 Å². The van der Waals surface area contributed by atoms with Gasteiger partial charge in [-0.1, -0.05) is 6.58 Å². The Kier molecular flexibility index (Phi) is 9.39. The van der Waals surface area contributed by atoms with E-state index in [0.29, 0.717) is 0 Å². The molecule has 0 aliphatic rings. The number of alkyl halides is 25. The highest BCUT2D eigenvalue weighted by Crippen LogP contribution is 2.69. The molecule has 43 heavy (non-hydrogen) atoms. The van der Waals surface area contributed by atoms with Crippen LogP contribution in [0.3, 0.4) is 0 Å². The normalized spacial score (nSPS) is 18.6. The number of carbonyl (C=O) groups is 1. The molecule has 0 fully saturated rings. The van der Waals surface area contributed by atoms with Crippen molar-refractivity contribution in [1.82, 2.24) is 0 Å². The summed E-state index contributed by atoms with van der Waals surface area (Å²) >= 11 is 0. The molecule has 2 atom stereocenters. The van der Waals surface area contributed by atoms with E-state index in [-0.39, 0.29) is 6.92 Å². The van der Waals surface area contributed by atoms with Crippen LogP contribution < -0.4 is 0 Å². The second-order valence-electron chi connectivity index (χ2n) is 7.94. The van der Waals surface area contributed by atoms with Gasteiger partial charge in [-0.2, -0.15) is 105 Å². The number of esters is 1. The molecule has 0 aromatic rings. The Morgan fingerprint density at radius 1 is 0.419 bits per heavy atom. The van der Waals surface area contributed by atoms with Gasteiger partial charge in [0.15, 0.2) is 0 Å². The third-order valence-corrected chi connectivity index (χ3v) is 4.94. The Hall–Kier alpha value is -2.54. The summed E-state index contributed by atoms with van der Waals surface area (Å²) in [7, 11) is 0. The molecule has 0 spiro atoms. The number of ether oxygens (including phenoxy) is 1. The van der Waals surface area contributed by atoms with Crippen LogP contribution in [0.4, 0.5) is 110 Å². The molecule has 0 aromatic heterocycles. The van der Waals surface area contributed by atoms with Crippen LogP contribution >= 0.6 is 0 Å². The zero-order chi connectivity index (χ0) is 35.9. The van der Waals surface area contributed by atoms with Crippen molar-refractivity contribution in [2.24, 2.45) is 0 Å². The molecule has 0 radical (unpaired) electrons. The topological polar surface area (TPSA) is 26.3 Å². The molecular weight excluding hydrogens is 699 g/mol. The van der Waals surface area contributed by atoms with E-state index in [1.165, 1.54) is 0 Å². The Morgan fingerprint density at radius 2 is 0.674 bits per heavy atom. The summed E-state index contributed by atoms with van der Waals surface area (Å²) in [5.74, 6) is -78.4. The standard InChI is InChI=1S/C16H5F25O2/c1-3(2)4(42)43-13(32,5(17,14(33,34)35)6(18,19)15(36,37)38)11(28,29)9(24,25)7(20,21)8(22,23)10(26,27)12(30,31)16(39,40)41/h1H2,2H3. The summed E-state index contributed by atoms with van der Waals surface area (Å²) in [6, 6.07) is 0. The van der Waals surface area contributed by atoms with Crippen molar-refractivity contribution in [1.29, 1.82) is 0 Å². The fourth-order valence-corrected chi connectivity index (χ4v) is 2.49. The molecule has 2 nitrogen and oxygen atoms in total. The lowest BCUT2D eigenvalue weighted by Gasteiger charge is -2.49. The van der Waals surface area contributed by atoms with Crippen LogP contribution in [0.1, 0.15) is 6.92 Å². The highest BCUT2D eigenvalue weighted by Gasteiger charge is 3.02. The van der Waals surface area contributed by atoms with Crippen molar-refractivity contribution in [2.45, 2.75) is 78.4 Å². The summed E-state index contributed by atoms with van der Waals surface area (Å²) in [4.78, 5) is 11.3. The molecule has 0 aliphatic carbocycles. The van der Waals surface area contributed by atoms with Crippen LogP contribution in [-0.4, -0.2) is 77.5 Å². The molecular formula is C16H5F25O2. The Morgan fingerprint density at radius 3 is 0.907 bits per heavy atom. The van der Waals surface area contributed by atoms with Gasteiger partial charge in [0.25, 0.3) is 0 Å². The Bertz CT molecular complexity index is 1080. The molecule has 0 amide bonds. The lowest BCUT2D eigenvalue weighted by Crippen LogP contribution is -2.82. The maximum absolute atomic E-state index is 15.0. The second-order valence-corrected chi connectivity index (χ2v) is 7.94. The van der Waals surface area contributed by atoms with Crippen LogP contribution in [0.5, 0.6) is 0 Å². The van der Waals surface area contributed by atoms with Gasteiger partial charge in [-0.25, -0.2) is 9.18 Å². The van der Waals surface area contributed by atoms with Gasteiger partial charge in [-0.05, 0) is 6.92 Å². The van der Waals surface area contributed by atoms with Crippen molar-refractivity contribution in [3.8, 4) is 0 Å². The van der Waals surface area contributed by atoms with Crippen molar-refractivity contribution in [3.63, 3.8) is 0 Å². The third-order valence-electron chi connectivity index (χ3n) is 4.94. The molecule has 0 bridgehead atoms. The SMILES string of the molecule is C=C(C)C(=O)OC(F)(C(F)(F)C(F)(F)C(F)(F)C(F)(F)C(F)(F)C(F)(F)C(F)(F)F)C(F)(C(F)(F)F)C(F)(F)C(F)(F)F. The first kappa shape index (κ1) is 40.5. The second kappa shape index (κ2) is 9.98. The molecule has 0 saturated heterocycles. The van der Waals surface area contributed by atoms with Crippen LogP contribution in [0, 0.1) is 0 Å². The smallest absolute Gasteiger partial charge is 0.415 e. The van der Waals surface area contributed by atoms with Crippen molar-refractivity contribution in [2.75, 3.05) is 0 Å². The average molecular weight is 704 g/mol. The number of rotatable bonds is 10. The van der Waals surface area contributed by atoms with Crippen molar-refractivity contribution in [3.05, 3.63) is 12.2 Å². The van der Waals surface area contributed by atoms with Crippen molar-refractivity contribution >= 4 is 5.97 Å². The maximum atomic E-state index is 15.0. The number of hydrogen-bond donors (Lipinski definition) is 0. The van der Waals surface area contributed by atoms with Gasteiger partial charge >= 0.3 is 77.5 Å². The highest BCUT2D eigenvalue weighted by atomic mass is 19.4. The Balaban J connectivity index is 8.23. The monoisotopic (exact) mass is 704 g/mol. The van der Waals surface area contributed by atoms with E-state index < -0.39 is 83.1 Å². The first-order valence-corrected chi connectivity index (χ1v) is 9.19. The largest absolute Gasteiger partial charge is 0.460 e. The van der Waals surface area contributed by atoms with Gasteiger partial charge in [0.2, 0.25) is 0 Å². The number of halogens is 25. The Labute approximate surface area is 217 Å². The molecule has 2 unspecified atom stereocenters. The molecule has 0 aromatic carbocycles. The van der Waals surface area contributed by atoms with E-state index in [1.807, 2.05) is 4.74 Å². The van der Waals surface area contributed by atoms with Gasteiger partial charge in [0.1, 0.15) is 0 Å². The van der Waals surface area contributed by atoms with E-state index in [2.05, 4.69) is 6.58 Å². The summed E-state index contributed by atoms with van der Waals surface area (Å²) in [6.07, 6.45) is -25.6. The average Bonchev–Trinajstić information content (AvgIpc) is 2.74. The minimum absolute atomic E-state index is 0.197. The lowest BCUT2D eigenvalue weighted by molar-refractivity contribution is -0.498. The quantitative estimate of drug-likeness (QED) is 0.129. The van der Waals surface area contributed by atoms with Crippen LogP contribution in [0.25, 0.3) is 0 Å². The minimum Gasteiger partial charge on any atom is -0.415 e. The first-order chi connectivity index (χ1) is 18.1. The lowest BCUT2D eigenvalue weighted by atomic mass is 9.78. The summed E-state index contributed by atoms with van der Waals surface area (Å²) in [6.45, 7) is 1.87. The molecule has 0 rings (SSSR count). The van der Waals surface area contributed by atoms with E-state index in [0.717, 1.165) is 0 Å². The van der Waals surface area contributed by atoms with E-state index in [4.69, 9.17) is 0 Å². The van der Waals surface area contributed by atoms with Crippen LogP contribution in [0.15, 0.2) is 12.2 Å². The third kappa shape index (κ3) is 4.98. The minimum atomic E-state index is -9.72. The van der Waals surface area contributed by atoms with Crippen LogP contribution in [-0.2, 0) is 9.53 Å². The molecule has 0 N–H and O–H groups in total. The van der Waals surface area contributed by atoms with Gasteiger partial charge in [0.05, 0.1) is 0 Å². The predicted octanol–water partition coefficient (Wildman–Crippen LogP) is 8.61. The fraction of sp³-hybridized carbons (Fsp3) is 0.812. The molecule has 0 heterocycles. The summed E-state index contributed by atoms with van der Waals surface area (Å²) in [5.41, 5.74) is -11.5. The molecule has 0 saturated carbocycles. The summed E-state index contributed by atoms with van der Waals surface area (Å²) in [5, 5.41) is 0. The fourth-order valence-electron chi connectivity index (χ4n) is 2.49. The van der Waals surface area contributed by atoms with Crippen LogP contribution in [0.2, 0.25) is 0 Å². The number of carbonyl (C=O) groups excluding carboxylic acids is 1. The van der Waals surface area contributed by atoms with Crippen molar-refractivity contribution < 1.29 is 119 Å². The van der Waals surface area contributed by atoms with Gasteiger partial charge in [-0.3, -0.25) is 0 Å². The molecule has 256 valence electrons. The first-order valence-electron chi connectivity index (χ1n) is 9.19. The molecule has 0 aliphatic heterocycles. The van der Waals surface area contributed by atoms with Gasteiger partial charge in [0, 0.05) is 5.57 Å². The zero-order valence-corrected chi connectivity index (χ0v) is 19.0. The predicted molar refractivity (Wildman–Crippen MR) is 81.4 cm³/mol. The maximum Gasteiger partial charge on any atom is 0.460 e. The zero-order valence-electron chi connectivity index (χ0n) is 19.0. The number of hydrogen-bond acceptors (Lipinski definition) is 2.